The summed E-state index contributed by atoms with van der Waals surface area (Å²) in [6.07, 6.45) is 6.37. The summed E-state index contributed by atoms with van der Waals surface area (Å²) in [6, 6.07) is 4.40. The lowest BCUT2D eigenvalue weighted by Gasteiger charge is -2.42. The number of ether oxygens (including phenoxy) is 2. The van der Waals surface area contributed by atoms with Crippen LogP contribution >= 0.6 is 0 Å². The molecule has 5 heterocycles. The van der Waals surface area contributed by atoms with Gasteiger partial charge < -0.3 is 19.4 Å². The quantitative estimate of drug-likeness (QED) is 0.601. The lowest BCUT2D eigenvalue weighted by molar-refractivity contribution is 0.00381. The number of aromatic nitrogens is 4. The van der Waals surface area contributed by atoms with Crippen LogP contribution in [-0.4, -0.2) is 49.7 Å². The molecule has 176 valence electrons. The predicted octanol–water partition coefficient (Wildman–Crippen LogP) is 2.95. The third-order valence-corrected chi connectivity index (χ3v) is 7.35. The number of carbonyl (C=O) groups excluding carboxylic acids is 1. The third-order valence-electron chi connectivity index (χ3n) is 7.35. The highest BCUT2D eigenvalue weighted by atomic mass is 19.1. The minimum atomic E-state index is -1.02. The van der Waals surface area contributed by atoms with E-state index in [1.807, 2.05) is 10.9 Å². The molecule has 34 heavy (non-hydrogen) atoms. The van der Waals surface area contributed by atoms with E-state index < -0.39 is 23.7 Å². The molecule has 0 aromatic carbocycles. The Hall–Kier alpha value is -3.27. The SMILES string of the molecule is CC12CC(n3cc4cc(C(=O)Nc5cccn([C@H]6C[C@H]6F)c5=O)c(OC5CC5)nc4n3)(CO1)C2. The van der Waals surface area contributed by atoms with Crippen molar-refractivity contribution in [3.8, 4) is 5.88 Å². The number of nitrogens with one attached hydrogen (secondary N) is 1. The van der Waals surface area contributed by atoms with Gasteiger partial charge in [0, 0.05) is 37.0 Å². The summed E-state index contributed by atoms with van der Waals surface area (Å²) in [5.41, 5.74) is 0.161. The molecule has 1 N–H and O–H groups in total. The van der Waals surface area contributed by atoms with Crippen molar-refractivity contribution in [2.24, 2.45) is 0 Å². The van der Waals surface area contributed by atoms with Crippen LogP contribution in [0, 0.1) is 0 Å². The summed E-state index contributed by atoms with van der Waals surface area (Å²) in [5.74, 6) is -0.294. The third kappa shape index (κ3) is 3.08. The second-order valence-corrected chi connectivity index (χ2v) is 10.4. The second-order valence-electron chi connectivity index (χ2n) is 10.4. The normalized spacial score (nSPS) is 31.4. The monoisotopic (exact) mass is 465 g/mol. The maximum atomic E-state index is 13.5. The number of carbonyl (C=O) groups is 1. The van der Waals surface area contributed by atoms with E-state index in [1.165, 1.54) is 10.6 Å². The topological polar surface area (TPSA) is 100 Å². The van der Waals surface area contributed by atoms with Crippen LogP contribution in [0.3, 0.4) is 0 Å². The van der Waals surface area contributed by atoms with Gasteiger partial charge >= 0.3 is 0 Å². The average Bonchev–Trinajstić information content (AvgIpc) is 3.62. The number of nitrogens with zero attached hydrogens (tertiary/aromatic N) is 4. The van der Waals surface area contributed by atoms with Gasteiger partial charge in [0.1, 0.15) is 23.5 Å². The average molecular weight is 465 g/mol. The van der Waals surface area contributed by atoms with Gasteiger partial charge in [0.2, 0.25) is 5.88 Å². The van der Waals surface area contributed by atoms with Crippen LogP contribution in [0.2, 0.25) is 0 Å². The number of alkyl halides is 1. The second kappa shape index (κ2) is 6.65. The van der Waals surface area contributed by atoms with Crippen LogP contribution in [0.4, 0.5) is 10.1 Å². The molecule has 10 heteroatoms. The van der Waals surface area contributed by atoms with E-state index in [2.05, 4.69) is 17.2 Å². The zero-order valence-corrected chi connectivity index (χ0v) is 18.7. The first kappa shape index (κ1) is 20.1. The minimum absolute atomic E-state index is 0.0260. The lowest BCUT2D eigenvalue weighted by atomic mass is 9.69. The molecule has 2 bridgehead atoms. The number of hydrogen-bond donors (Lipinski definition) is 1. The molecule has 1 amide bonds. The van der Waals surface area contributed by atoms with Crippen molar-refractivity contribution >= 4 is 22.6 Å². The molecule has 3 aliphatic carbocycles. The standard InChI is InChI=1S/C24H24FN5O4/c1-23-10-24(11-23,12-33-23)30-9-13-7-15(21(27-19(13)28-30)34-14-4-5-14)20(31)26-17-3-2-6-29(22(17)32)18-8-16(18)25/h2-3,6-7,9,14,16,18H,4-5,8,10-12H2,1H3,(H,26,31)/t16-,18+,23?,24?/m1/s1. The van der Waals surface area contributed by atoms with Crippen LogP contribution in [0.5, 0.6) is 5.88 Å². The van der Waals surface area contributed by atoms with Gasteiger partial charge in [0.15, 0.2) is 5.65 Å². The molecular formula is C24H24FN5O4. The molecule has 0 unspecified atom stereocenters. The summed E-state index contributed by atoms with van der Waals surface area (Å²) in [7, 11) is 0. The van der Waals surface area contributed by atoms with Crippen molar-refractivity contribution in [2.45, 2.75) is 68.5 Å². The molecule has 3 aromatic rings. The summed E-state index contributed by atoms with van der Waals surface area (Å²) < 4.78 is 28.6. The molecule has 2 saturated heterocycles. The number of hydrogen-bond acceptors (Lipinski definition) is 6. The van der Waals surface area contributed by atoms with Crippen molar-refractivity contribution in [1.29, 1.82) is 0 Å². The van der Waals surface area contributed by atoms with E-state index in [1.54, 1.807) is 18.3 Å². The number of halogens is 1. The molecule has 3 aromatic heterocycles. The number of anilines is 1. The van der Waals surface area contributed by atoms with Crippen LogP contribution in [-0.2, 0) is 10.3 Å². The van der Waals surface area contributed by atoms with Gasteiger partial charge in [-0.05, 0) is 38.0 Å². The number of rotatable bonds is 6. The molecule has 2 aliphatic heterocycles. The van der Waals surface area contributed by atoms with Gasteiger partial charge in [0.05, 0.1) is 23.8 Å². The molecule has 0 radical (unpaired) electrons. The highest BCUT2D eigenvalue weighted by molar-refractivity contribution is 6.07. The fourth-order valence-corrected chi connectivity index (χ4v) is 5.36. The molecule has 5 aliphatic rings. The fraction of sp³-hybridized carbons (Fsp3) is 0.500. The highest BCUT2D eigenvalue weighted by Gasteiger charge is 2.61. The van der Waals surface area contributed by atoms with Gasteiger partial charge in [-0.1, -0.05) is 0 Å². The van der Waals surface area contributed by atoms with Gasteiger partial charge in [-0.2, -0.15) is 10.1 Å². The number of amides is 1. The maximum absolute atomic E-state index is 13.5. The van der Waals surface area contributed by atoms with Crippen molar-refractivity contribution in [2.75, 3.05) is 11.9 Å². The summed E-state index contributed by atoms with van der Waals surface area (Å²) in [5, 5.41) is 8.09. The predicted molar refractivity (Wildman–Crippen MR) is 120 cm³/mol. The Kier molecular flexibility index (Phi) is 3.94. The van der Waals surface area contributed by atoms with Crippen LogP contribution < -0.4 is 15.6 Å². The van der Waals surface area contributed by atoms with E-state index in [0.717, 1.165) is 25.7 Å². The Morgan fingerprint density at radius 2 is 2.15 bits per heavy atom. The van der Waals surface area contributed by atoms with Crippen LogP contribution in [0.1, 0.15) is 55.4 Å². The van der Waals surface area contributed by atoms with Crippen molar-refractivity contribution < 1.29 is 18.7 Å². The van der Waals surface area contributed by atoms with Crippen LogP contribution in [0.25, 0.3) is 11.0 Å². The van der Waals surface area contributed by atoms with Crippen molar-refractivity contribution in [3.05, 3.63) is 46.5 Å². The molecule has 0 spiro atoms. The van der Waals surface area contributed by atoms with E-state index in [-0.39, 0.29) is 34.4 Å². The Bertz CT molecular complexity index is 1400. The molecule has 2 atom stereocenters. The largest absolute Gasteiger partial charge is 0.474 e. The smallest absolute Gasteiger partial charge is 0.274 e. The zero-order chi connectivity index (χ0) is 23.2. The highest BCUT2D eigenvalue weighted by Crippen LogP contribution is 2.55. The number of pyridine rings is 2. The van der Waals surface area contributed by atoms with Gasteiger partial charge in [0.25, 0.3) is 11.5 Å². The van der Waals surface area contributed by atoms with E-state index in [0.29, 0.717) is 24.1 Å². The fourth-order valence-electron chi connectivity index (χ4n) is 5.36. The first-order valence-corrected chi connectivity index (χ1v) is 11.7. The molecule has 8 rings (SSSR count). The van der Waals surface area contributed by atoms with E-state index in [4.69, 9.17) is 14.6 Å². The van der Waals surface area contributed by atoms with Crippen molar-refractivity contribution in [1.82, 2.24) is 19.3 Å². The summed E-state index contributed by atoms with van der Waals surface area (Å²) >= 11 is 0. The zero-order valence-electron chi connectivity index (χ0n) is 18.7. The maximum Gasteiger partial charge on any atom is 0.274 e. The number of fused-ring (bicyclic) bond motifs is 2. The molecular weight excluding hydrogens is 441 g/mol. The molecule has 9 nitrogen and oxygen atoms in total. The molecule has 5 fully saturated rings. The minimum Gasteiger partial charge on any atom is -0.474 e. The van der Waals surface area contributed by atoms with Crippen molar-refractivity contribution in [3.63, 3.8) is 0 Å². The Morgan fingerprint density at radius 1 is 1.35 bits per heavy atom. The van der Waals surface area contributed by atoms with Crippen LogP contribution in [0.15, 0.2) is 35.4 Å². The first-order chi connectivity index (χ1) is 16.3. The summed E-state index contributed by atoms with van der Waals surface area (Å²) in [6.45, 7) is 2.72. The van der Waals surface area contributed by atoms with E-state index >= 15 is 0 Å². The Morgan fingerprint density at radius 3 is 2.82 bits per heavy atom. The Balaban J connectivity index is 1.23. The first-order valence-electron chi connectivity index (χ1n) is 11.7. The summed E-state index contributed by atoms with van der Waals surface area (Å²) in [4.78, 5) is 30.6. The van der Waals surface area contributed by atoms with Gasteiger partial charge in [-0.25, -0.2) is 4.39 Å². The van der Waals surface area contributed by atoms with Gasteiger partial charge in [-0.3, -0.25) is 14.3 Å². The Labute approximate surface area is 193 Å². The van der Waals surface area contributed by atoms with Gasteiger partial charge in [-0.15, -0.1) is 0 Å². The lowest BCUT2D eigenvalue weighted by Crippen LogP contribution is -2.49. The molecule has 3 saturated carbocycles. The van der Waals surface area contributed by atoms with E-state index in [9.17, 15) is 14.0 Å².